The number of piperazine rings is 1. The van der Waals surface area contributed by atoms with Crippen molar-refractivity contribution >= 4 is 15.7 Å². The second-order valence-corrected chi connectivity index (χ2v) is 8.23. The van der Waals surface area contributed by atoms with Crippen LogP contribution in [0, 0.1) is 11.6 Å². The van der Waals surface area contributed by atoms with Gasteiger partial charge in [-0.15, -0.1) is 0 Å². The first kappa shape index (κ1) is 19.7. The van der Waals surface area contributed by atoms with Gasteiger partial charge in [-0.2, -0.15) is 0 Å². The summed E-state index contributed by atoms with van der Waals surface area (Å²) in [7, 11) is -4.05. The first-order valence-corrected chi connectivity index (χ1v) is 10.4. The van der Waals surface area contributed by atoms with Crippen LogP contribution in [-0.4, -0.2) is 52.6 Å². The zero-order valence-electron chi connectivity index (χ0n) is 14.9. The first-order chi connectivity index (χ1) is 13.0. The third-order valence-electron chi connectivity index (χ3n) is 4.62. The van der Waals surface area contributed by atoms with E-state index in [1.165, 1.54) is 5.69 Å². The van der Waals surface area contributed by atoms with E-state index in [0.717, 1.165) is 44.9 Å². The molecule has 1 aliphatic rings. The van der Waals surface area contributed by atoms with Crippen LogP contribution in [0.5, 0.6) is 0 Å². The molecule has 0 bridgehead atoms. The molecule has 1 aliphatic heterocycles. The number of rotatable bonds is 7. The van der Waals surface area contributed by atoms with Crippen LogP contribution in [-0.2, 0) is 10.0 Å². The summed E-state index contributed by atoms with van der Waals surface area (Å²) < 4.78 is 53.4. The fourth-order valence-electron chi connectivity index (χ4n) is 3.14. The molecule has 1 fully saturated rings. The maximum Gasteiger partial charge on any atom is 0.243 e. The van der Waals surface area contributed by atoms with Gasteiger partial charge in [0.05, 0.1) is 0 Å². The highest BCUT2D eigenvalue weighted by Crippen LogP contribution is 2.17. The van der Waals surface area contributed by atoms with Gasteiger partial charge < -0.3 is 4.90 Å². The van der Waals surface area contributed by atoms with Crippen molar-refractivity contribution in [2.75, 3.05) is 44.2 Å². The van der Waals surface area contributed by atoms with Crippen LogP contribution in [0.25, 0.3) is 0 Å². The van der Waals surface area contributed by atoms with Gasteiger partial charge in [0.25, 0.3) is 0 Å². The molecule has 0 unspecified atom stereocenters. The molecule has 0 spiro atoms. The van der Waals surface area contributed by atoms with Crippen LogP contribution in [0.1, 0.15) is 6.42 Å². The average molecular weight is 395 g/mol. The standard InChI is InChI=1S/C19H23F2N3O2S/c20-16-7-8-18(21)19(15-16)27(25,26)22-9-4-10-23-11-13-24(14-12-23)17-5-2-1-3-6-17/h1-3,5-8,15,22H,4,9-14H2. The third-order valence-corrected chi connectivity index (χ3v) is 6.10. The lowest BCUT2D eigenvalue weighted by Crippen LogP contribution is -2.47. The topological polar surface area (TPSA) is 52.7 Å². The Morgan fingerprint density at radius 2 is 1.67 bits per heavy atom. The number of benzene rings is 2. The highest BCUT2D eigenvalue weighted by molar-refractivity contribution is 7.89. The molecule has 0 aromatic heterocycles. The van der Waals surface area contributed by atoms with Crippen molar-refractivity contribution < 1.29 is 17.2 Å². The van der Waals surface area contributed by atoms with E-state index in [-0.39, 0.29) is 6.54 Å². The minimum Gasteiger partial charge on any atom is -0.369 e. The van der Waals surface area contributed by atoms with E-state index in [1.807, 2.05) is 18.2 Å². The monoisotopic (exact) mass is 395 g/mol. The van der Waals surface area contributed by atoms with Gasteiger partial charge in [0, 0.05) is 38.4 Å². The van der Waals surface area contributed by atoms with Gasteiger partial charge in [0.15, 0.2) is 0 Å². The minimum absolute atomic E-state index is 0.178. The molecule has 5 nitrogen and oxygen atoms in total. The van der Waals surface area contributed by atoms with Gasteiger partial charge in [-0.3, -0.25) is 4.90 Å². The second kappa shape index (κ2) is 8.77. The highest BCUT2D eigenvalue weighted by Gasteiger charge is 2.20. The van der Waals surface area contributed by atoms with Crippen molar-refractivity contribution in [3.8, 4) is 0 Å². The molecule has 8 heteroatoms. The quantitative estimate of drug-likeness (QED) is 0.732. The Bertz CT molecular complexity index is 855. The fourth-order valence-corrected chi connectivity index (χ4v) is 4.30. The predicted molar refractivity (Wildman–Crippen MR) is 101 cm³/mol. The molecule has 0 amide bonds. The van der Waals surface area contributed by atoms with Gasteiger partial charge in [0.1, 0.15) is 16.5 Å². The van der Waals surface area contributed by atoms with E-state index >= 15 is 0 Å². The van der Waals surface area contributed by atoms with Crippen LogP contribution in [0.3, 0.4) is 0 Å². The fraction of sp³-hybridized carbons (Fsp3) is 0.368. The summed E-state index contributed by atoms with van der Waals surface area (Å²) in [5, 5.41) is 0. The van der Waals surface area contributed by atoms with E-state index in [1.54, 1.807) is 0 Å². The normalized spacial score (nSPS) is 15.9. The Hall–Kier alpha value is -2.03. The molecule has 3 rings (SSSR count). The zero-order chi connectivity index (χ0) is 19.3. The van der Waals surface area contributed by atoms with Crippen molar-refractivity contribution in [3.05, 3.63) is 60.2 Å². The molecule has 0 saturated carbocycles. The number of sulfonamides is 1. The summed E-state index contributed by atoms with van der Waals surface area (Å²) in [5.74, 6) is -1.74. The van der Waals surface area contributed by atoms with E-state index in [9.17, 15) is 17.2 Å². The summed E-state index contributed by atoms with van der Waals surface area (Å²) in [6.45, 7) is 4.57. The van der Waals surface area contributed by atoms with E-state index in [0.29, 0.717) is 12.5 Å². The third kappa shape index (κ3) is 5.24. The number of hydrogen-bond acceptors (Lipinski definition) is 4. The van der Waals surface area contributed by atoms with Crippen molar-refractivity contribution in [3.63, 3.8) is 0 Å². The predicted octanol–water partition coefficient (Wildman–Crippen LogP) is 2.46. The lowest BCUT2D eigenvalue weighted by molar-refractivity contribution is 0.255. The van der Waals surface area contributed by atoms with Gasteiger partial charge in [-0.25, -0.2) is 21.9 Å². The SMILES string of the molecule is O=S(=O)(NCCCN1CCN(c2ccccc2)CC1)c1cc(F)ccc1F. The summed E-state index contributed by atoms with van der Waals surface area (Å²) in [6.07, 6.45) is 0.599. The largest absolute Gasteiger partial charge is 0.369 e. The van der Waals surface area contributed by atoms with Gasteiger partial charge >= 0.3 is 0 Å². The summed E-state index contributed by atoms with van der Waals surface area (Å²) in [5.41, 5.74) is 1.21. The summed E-state index contributed by atoms with van der Waals surface area (Å²) in [6, 6.07) is 12.6. The lowest BCUT2D eigenvalue weighted by atomic mass is 10.2. The first-order valence-electron chi connectivity index (χ1n) is 8.93. The van der Waals surface area contributed by atoms with E-state index < -0.39 is 26.6 Å². The van der Waals surface area contributed by atoms with Crippen molar-refractivity contribution in [2.24, 2.45) is 0 Å². The molecule has 146 valence electrons. The van der Waals surface area contributed by atoms with Crippen LogP contribution < -0.4 is 9.62 Å². The zero-order valence-corrected chi connectivity index (χ0v) is 15.8. The average Bonchev–Trinajstić information content (AvgIpc) is 2.68. The number of nitrogens with one attached hydrogen (secondary N) is 1. The number of halogens is 2. The Labute approximate surface area is 158 Å². The lowest BCUT2D eigenvalue weighted by Gasteiger charge is -2.36. The number of hydrogen-bond donors (Lipinski definition) is 1. The summed E-state index contributed by atoms with van der Waals surface area (Å²) in [4.78, 5) is 3.95. The summed E-state index contributed by atoms with van der Waals surface area (Å²) >= 11 is 0. The number of para-hydroxylation sites is 1. The van der Waals surface area contributed by atoms with Crippen molar-refractivity contribution in [1.29, 1.82) is 0 Å². The Kier molecular flexibility index (Phi) is 6.41. The smallest absolute Gasteiger partial charge is 0.243 e. The van der Waals surface area contributed by atoms with E-state index in [4.69, 9.17) is 0 Å². The minimum atomic E-state index is -4.05. The molecular formula is C19H23F2N3O2S. The molecule has 0 aliphatic carbocycles. The number of anilines is 1. The van der Waals surface area contributed by atoms with Gasteiger partial charge in [-0.05, 0) is 43.3 Å². The molecule has 27 heavy (non-hydrogen) atoms. The van der Waals surface area contributed by atoms with Gasteiger partial charge in [-0.1, -0.05) is 18.2 Å². The molecule has 1 saturated heterocycles. The molecule has 2 aromatic rings. The molecule has 1 N–H and O–H groups in total. The van der Waals surface area contributed by atoms with Crippen molar-refractivity contribution in [2.45, 2.75) is 11.3 Å². The van der Waals surface area contributed by atoms with Crippen LogP contribution >= 0.6 is 0 Å². The van der Waals surface area contributed by atoms with E-state index in [2.05, 4.69) is 26.7 Å². The van der Waals surface area contributed by atoms with Crippen LogP contribution in [0.15, 0.2) is 53.4 Å². The van der Waals surface area contributed by atoms with Crippen molar-refractivity contribution in [1.82, 2.24) is 9.62 Å². The van der Waals surface area contributed by atoms with Crippen LogP contribution in [0.2, 0.25) is 0 Å². The molecule has 0 atom stereocenters. The second-order valence-electron chi connectivity index (χ2n) is 6.49. The Morgan fingerprint density at radius 1 is 0.963 bits per heavy atom. The Morgan fingerprint density at radius 3 is 2.37 bits per heavy atom. The maximum absolute atomic E-state index is 13.6. The molecule has 1 heterocycles. The van der Waals surface area contributed by atoms with Crippen LogP contribution in [0.4, 0.5) is 14.5 Å². The maximum atomic E-state index is 13.6. The molecular weight excluding hydrogens is 372 g/mol. The molecule has 0 radical (unpaired) electrons. The number of nitrogens with zero attached hydrogens (tertiary/aromatic N) is 2. The molecule has 2 aromatic carbocycles. The highest BCUT2D eigenvalue weighted by atomic mass is 32.2. The Balaban J connectivity index is 1.42. The van der Waals surface area contributed by atoms with Gasteiger partial charge in [0.2, 0.25) is 10.0 Å².